The lowest BCUT2D eigenvalue weighted by Crippen LogP contribution is -2.43. The summed E-state index contributed by atoms with van der Waals surface area (Å²) >= 11 is 0. The van der Waals surface area contributed by atoms with E-state index in [0.29, 0.717) is 23.5 Å². The number of esters is 1. The van der Waals surface area contributed by atoms with Crippen molar-refractivity contribution in [3.8, 4) is 28.2 Å². The Morgan fingerprint density at radius 2 is 1.83 bits per heavy atom. The molecular weight excluding hydrogens is 464 g/mol. The molecular formula is C26H32N4O6. The Morgan fingerprint density at radius 1 is 1.11 bits per heavy atom. The van der Waals surface area contributed by atoms with Gasteiger partial charge in [0.2, 0.25) is 0 Å². The highest BCUT2D eigenvalue weighted by molar-refractivity contribution is 5.83. The number of anilines is 1. The number of carboxylic acid groups (broad SMARTS) is 1. The number of aromatic nitrogens is 2. The third-order valence-corrected chi connectivity index (χ3v) is 5.11. The minimum atomic E-state index is -1.21. The van der Waals surface area contributed by atoms with Crippen LogP contribution in [-0.2, 0) is 9.53 Å². The molecule has 192 valence electrons. The number of carbonyl (C=O) groups is 2. The molecule has 0 saturated carbocycles. The van der Waals surface area contributed by atoms with E-state index < -0.39 is 29.8 Å². The summed E-state index contributed by atoms with van der Waals surface area (Å²) < 4.78 is 17.1. The number of rotatable bonds is 9. The number of carbonyl (C=O) groups excluding carboxylic acids is 1. The number of benzene rings is 1. The van der Waals surface area contributed by atoms with Crippen LogP contribution >= 0.6 is 0 Å². The first-order valence-electron chi connectivity index (χ1n) is 11.6. The molecule has 0 aliphatic carbocycles. The molecule has 2 atom stereocenters. The van der Waals surface area contributed by atoms with Crippen molar-refractivity contribution < 1.29 is 28.7 Å². The largest absolute Gasteiger partial charge is 0.474 e. The van der Waals surface area contributed by atoms with Crippen molar-refractivity contribution >= 4 is 17.9 Å². The van der Waals surface area contributed by atoms with Crippen LogP contribution in [0.4, 0.5) is 10.6 Å². The fourth-order valence-corrected chi connectivity index (χ4v) is 3.63. The Kier molecular flexibility index (Phi) is 8.31. The number of ether oxygens (including phenoxy) is 2. The number of nitrogens with one attached hydrogen (secondary N) is 1. The first-order chi connectivity index (χ1) is 16.9. The molecule has 10 nitrogen and oxygen atoms in total. The van der Waals surface area contributed by atoms with E-state index in [0.717, 1.165) is 11.1 Å². The normalized spacial score (nSPS) is 13.2. The van der Waals surface area contributed by atoms with Crippen molar-refractivity contribution in [3.63, 3.8) is 0 Å². The lowest BCUT2D eigenvalue weighted by molar-refractivity contribution is -0.164. The van der Waals surface area contributed by atoms with Gasteiger partial charge in [0.15, 0.2) is 12.0 Å². The van der Waals surface area contributed by atoms with Crippen molar-refractivity contribution in [1.29, 1.82) is 0 Å². The van der Waals surface area contributed by atoms with Gasteiger partial charge in [-0.15, -0.1) is 0 Å². The zero-order valence-corrected chi connectivity index (χ0v) is 21.0. The summed E-state index contributed by atoms with van der Waals surface area (Å²) in [4.78, 5) is 27.9. The summed E-state index contributed by atoms with van der Waals surface area (Å²) in [5, 5.41) is 15.0. The second-order valence-electron chi connectivity index (χ2n) is 9.80. The third kappa shape index (κ3) is 7.29. The van der Waals surface area contributed by atoms with Gasteiger partial charge in [0, 0.05) is 12.3 Å². The van der Waals surface area contributed by atoms with E-state index in [1.807, 2.05) is 19.9 Å². The fourth-order valence-electron chi connectivity index (χ4n) is 3.63. The van der Waals surface area contributed by atoms with Crippen molar-refractivity contribution in [1.82, 2.24) is 10.1 Å². The predicted octanol–water partition coefficient (Wildman–Crippen LogP) is 5.16. The van der Waals surface area contributed by atoms with Gasteiger partial charge in [-0.25, -0.2) is 9.78 Å². The van der Waals surface area contributed by atoms with Crippen LogP contribution in [0.25, 0.3) is 22.5 Å². The molecule has 0 saturated heterocycles. The third-order valence-electron chi connectivity index (χ3n) is 5.11. The van der Waals surface area contributed by atoms with Crippen molar-refractivity contribution in [2.75, 3.05) is 5.32 Å². The molecule has 36 heavy (non-hydrogen) atoms. The second kappa shape index (κ2) is 11.2. The molecule has 0 fully saturated rings. The minimum Gasteiger partial charge on any atom is -0.474 e. The Balaban J connectivity index is 1.95. The van der Waals surface area contributed by atoms with Crippen molar-refractivity contribution in [2.24, 2.45) is 17.6 Å². The topological polar surface area (TPSA) is 150 Å². The zero-order valence-electron chi connectivity index (χ0n) is 21.0. The standard InChI is InChI=1S/C26H32N4O6/c1-15(2)12-19(24(31)35-26(3,4)5)23(27)34-20-7-6-16(13-18(20)21-9-11-29-36-21)17-8-10-28-22(14-17)30-25(32)33/h6-11,13-15,19,23H,12,27H2,1-5H3,(H,28,30)(H,32,33). The maximum absolute atomic E-state index is 12.9. The number of hydrogen-bond acceptors (Lipinski definition) is 8. The monoisotopic (exact) mass is 496 g/mol. The van der Waals surface area contributed by atoms with Crippen LogP contribution < -0.4 is 15.8 Å². The average Bonchev–Trinajstić information content (AvgIpc) is 3.31. The molecule has 2 aromatic heterocycles. The Bertz CT molecular complexity index is 1190. The smallest absolute Gasteiger partial charge is 0.410 e. The Morgan fingerprint density at radius 3 is 2.44 bits per heavy atom. The molecule has 2 unspecified atom stereocenters. The van der Waals surface area contributed by atoms with E-state index in [4.69, 9.17) is 24.8 Å². The van der Waals surface area contributed by atoms with Crippen LogP contribution in [0.1, 0.15) is 41.0 Å². The van der Waals surface area contributed by atoms with Crippen molar-refractivity contribution in [3.05, 3.63) is 48.8 Å². The molecule has 3 rings (SSSR count). The number of pyridine rings is 1. The fraction of sp³-hybridized carbons (Fsp3) is 0.385. The van der Waals surface area contributed by atoms with Crippen LogP contribution in [0.3, 0.4) is 0 Å². The average molecular weight is 497 g/mol. The van der Waals surface area contributed by atoms with Gasteiger partial charge in [0.05, 0.1) is 11.8 Å². The van der Waals surface area contributed by atoms with Crippen LogP contribution in [0.2, 0.25) is 0 Å². The second-order valence-corrected chi connectivity index (χ2v) is 9.80. The maximum Gasteiger partial charge on any atom is 0.410 e. The number of amides is 1. The van der Waals surface area contributed by atoms with Gasteiger partial charge in [-0.1, -0.05) is 25.1 Å². The molecule has 0 aliphatic heterocycles. The molecule has 1 aromatic carbocycles. The highest BCUT2D eigenvalue weighted by Crippen LogP contribution is 2.36. The molecule has 0 spiro atoms. The predicted molar refractivity (Wildman–Crippen MR) is 134 cm³/mol. The van der Waals surface area contributed by atoms with E-state index in [1.54, 1.807) is 51.1 Å². The van der Waals surface area contributed by atoms with Crippen LogP contribution in [0.5, 0.6) is 5.75 Å². The van der Waals surface area contributed by atoms with Gasteiger partial charge in [-0.2, -0.15) is 0 Å². The molecule has 1 amide bonds. The Hall–Kier alpha value is -3.92. The minimum absolute atomic E-state index is 0.189. The molecule has 2 heterocycles. The van der Waals surface area contributed by atoms with Gasteiger partial charge < -0.3 is 19.1 Å². The van der Waals surface area contributed by atoms with Gasteiger partial charge in [-0.3, -0.25) is 15.8 Å². The first-order valence-corrected chi connectivity index (χ1v) is 11.6. The lowest BCUT2D eigenvalue weighted by Gasteiger charge is -2.29. The van der Waals surface area contributed by atoms with Gasteiger partial charge in [0.1, 0.15) is 23.1 Å². The summed E-state index contributed by atoms with van der Waals surface area (Å²) in [5.41, 5.74) is 7.80. The van der Waals surface area contributed by atoms with E-state index in [1.165, 1.54) is 12.4 Å². The van der Waals surface area contributed by atoms with Crippen molar-refractivity contribution in [2.45, 2.75) is 52.9 Å². The molecule has 10 heteroatoms. The summed E-state index contributed by atoms with van der Waals surface area (Å²) in [6.45, 7) is 9.42. The highest BCUT2D eigenvalue weighted by atomic mass is 16.6. The van der Waals surface area contributed by atoms with Gasteiger partial charge in [0.25, 0.3) is 0 Å². The van der Waals surface area contributed by atoms with Gasteiger partial charge >= 0.3 is 12.1 Å². The summed E-state index contributed by atoms with van der Waals surface area (Å²) in [6.07, 6.45) is 1.33. The molecule has 0 bridgehead atoms. The van der Waals surface area contributed by atoms with Crippen LogP contribution in [0, 0.1) is 11.8 Å². The highest BCUT2D eigenvalue weighted by Gasteiger charge is 2.33. The molecule has 0 aliphatic rings. The molecule has 3 aromatic rings. The Labute approximate surface area is 209 Å². The maximum atomic E-state index is 12.9. The van der Waals surface area contributed by atoms with E-state index in [-0.39, 0.29) is 11.7 Å². The van der Waals surface area contributed by atoms with Crippen LogP contribution in [0.15, 0.2) is 53.3 Å². The van der Waals surface area contributed by atoms with E-state index in [2.05, 4.69) is 15.5 Å². The van der Waals surface area contributed by atoms with Gasteiger partial charge in [-0.05, 0) is 68.5 Å². The first kappa shape index (κ1) is 26.7. The summed E-state index contributed by atoms with van der Waals surface area (Å²) in [6, 6.07) is 10.4. The van der Waals surface area contributed by atoms with E-state index in [9.17, 15) is 9.59 Å². The lowest BCUT2D eigenvalue weighted by atomic mass is 9.95. The quantitative estimate of drug-likeness (QED) is 0.269. The zero-order chi connectivity index (χ0) is 26.5. The SMILES string of the molecule is CC(C)CC(C(=O)OC(C)(C)C)C(N)Oc1ccc(-c2ccnc(NC(=O)O)c2)cc1-c1ccno1. The van der Waals surface area contributed by atoms with E-state index >= 15 is 0 Å². The number of nitrogens with zero attached hydrogens (tertiary/aromatic N) is 2. The summed E-state index contributed by atoms with van der Waals surface area (Å²) in [7, 11) is 0. The molecule has 0 radical (unpaired) electrons. The number of nitrogens with two attached hydrogens (primary N) is 1. The van der Waals surface area contributed by atoms with Crippen LogP contribution in [-0.4, -0.2) is 39.1 Å². The molecule has 4 N–H and O–H groups in total. The summed E-state index contributed by atoms with van der Waals surface area (Å²) in [5.74, 6) is 0.118. The number of hydrogen-bond donors (Lipinski definition) is 3.